The Morgan fingerprint density at radius 2 is 1.33 bits per heavy atom. The summed E-state index contributed by atoms with van der Waals surface area (Å²) in [6, 6.07) is 31.1. The second kappa shape index (κ2) is 6.71. The second-order valence-corrected chi connectivity index (χ2v) is 7.22. The molecule has 1 aromatic heterocycles. The van der Waals surface area contributed by atoms with Gasteiger partial charge in [0.2, 0.25) is 0 Å². The van der Waals surface area contributed by atoms with Gasteiger partial charge in [0.05, 0.1) is 16.9 Å². The Balaban J connectivity index is 1.43. The van der Waals surface area contributed by atoms with Crippen LogP contribution in [0.3, 0.4) is 0 Å². The Kier molecular flexibility index (Phi) is 3.74. The quantitative estimate of drug-likeness (QED) is 0.325. The molecule has 0 bridgehead atoms. The monoisotopic (exact) mass is 387 g/mol. The summed E-state index contributed by atoms with van der Waals surface area (Å²) >= 11 is 0. The van der Waals surface area contributed by atoms with E-state index in [0.29, 0.717) is 0 Å². The average molecular weight is 387 g/mol. The topological polar surface area (TPSA) is 38.2 Å². The molecule has 6 rings (SSSR count). The molecule has 2 heterocycles. The first-order chi connectivity index (χ1) is 14.9. The Bertz CT molecular complexity index is 1330. The van der Waals surface area contributed by atoms with Gasteiger partial charge in [-0.15, -0.1) is 0 Å². The van der Waals surface area contributed by atoms with E-state index in [1.54, 1.807) is 6.33 Å². The number of aromatic nitrogens is 2. The Morgan fingerprint density at radius 3 is 2.07 bits per heavy atom. The first-order valence-electron chi connectivity index (χ1n) is 9.83. The molecule has 30 heavy (non-hydrogen) atoms. The van der Waals surface area contributed by atoms with Crippen molar-refractivity contribution in [2.45, 2.75) is 0 Å². The van der Waals surface area contributed by atoms with Gasteiger partial charge in [0, 0.05) is 17.3 Å². The minimum absolute atomic E-state index is 0.856. The molecule has 0 aliphatic carbocycles. The fraction of sp³-hybridized carbons (Fsp3) is 0. The van der Waals surface area contributed by atoms with Gasteiger partial charge >= 0.3 is 0 Å². The van der Waals surface area contributed by atoms with Gasteiger partial charge in [-0.05, 0) is 53.6 Å². The molecule has 0 spiro atoms. The number of anilines is 3. The predicted molar refractivity (Wildman–Crippen MR) is 120 cm³/mol. The molecule has 4 aromatic carbocycles. The van der Waals surface area contributed by atoms with Crippen molar-refractivity contribution in [2.24, 2.45) is 0 Å². The number of hydrogen-bond donors (Lipinski definition) is 0. The van der Waals surface area contributed by atoms with Crippen LogP contribution in [0.15, 0.2) is 104 Å². The summed E-state index contributed by atoms with van der Waals surface area (Å²) in [6.07, 6.45) is 3.42. The van der Waals surface area contributed by atoms with Crippen molar-refractivity contribution < 1.29 is 4.74 Å². The zero-order valence-corrected chi connectivity index (χ0v) is 16.1. The van der Waals surface area contributed by atoms with Crippen LogP contribution in [0.1, 0.15) is 0 Å². The fourth-order valence-corrected chi connectivity index (χ4v) is 3.94. The van der Waals surface area contributed by atoms with Crippen molar-refractivity contribution in [3.63, 3.8) is 0 Å². The maximum atomic E-state index is 6.11. The van der Waals surface area contributed by atoms with Crippen molar-refractivity contribution in [1.82, 2.24) is 9.97 Å². The molecule has 1 aliphatic heterocycles. The first kappa shape index (κ1) is 16.7. The summed E-state index contributed by atoms with van der Waals surface area (Å²) in [4.78, 5) is 10.7. The summed E-state index contributed by atoms with van der Waals surface area (Å²) in [5, 5.41) is 1.04. The normalized spacial score (nSPS) is 12.2. The second-order valence-electron chi connectivity index (χ2n) is 7.22. The molecule has 0 saturated carbocycles. The molecule has 0 N–H and O–H groups in total. The number of ether oxygens (including phenoxy) is 1. The minimum Gasteiger partial charge on any atom is -0.453 e. The van der Waals surface area contributed by atoms with E-state index in [9.17, 15) is 0 Å². The Labute approximate surface area is 174 Å². The maximum absolute atomic E-state index is 6.11. The van der Waals surface area contributed by atoms with E-state index >= 15 is 0 Å². The third-order valence-electron chi connectivity index (χ3n) is 5.40. The van der Waals surface area contributed by atoms with Crippen LogP contribution in [0.2, 0.25) is 0 Å². The summed E-state index contributed by atoms with van der Waals surface area (Å²) in [5.74, 6) is 1.71. The molecule has 0 unspecified atom stereocenters. The molecule has 0 radical (unpaired) electrons. The van der Waals surface area contributed by atoms with Crippen LogP contribution < -0.4 is 9.64 Å². The van der Waals surface area contributed by atoms with E-state index in [4.69, 9.17) is 4.74 Å². The molecule has 142 valence electrons. The highest BCUT2D eigenvalue weighted by Gasteiger charge is 2.24. The molecular weight excluding hydrogens is 370 g/mol. The van der Waals surface area contributed by atoms with Gasteiger partial charge in [-0.1, -0.05) is 48.5 Å². The summed E-state index contributed by atoms with van der Waals surface area (Å²) in [6.45, 7) is 0. The molecule has 0 saturated heterocycles. The predicted octanol–water partition coefficient (Wildman–Crippen LogP) is 6.87. The van der Waals surface area contributed by atoms with Gasteiger partial charge in [0.25, 0.3) is 0 Å². The highest BCUT2D eigenvalue weighted by molar-refractivity contribution is 5.87. The van der Waals surface area contributed by atoms with Crippen molar-refractivity contribution in [2.75, 3.05) is 4.90 Å². The van der Waals surface area contributed by atoms with Gasteiger partial charge < -0.3 is 9.64 Å². The zero-order valence-electron chi connectivity index (χ0n) is 16.1. The lowest BCUT2D eigenvalue weighted by Gasteiger charge is -2.32. The molecule has 1 aliphatic rings. The van der Waals surface area contributed by atoms with Crippen molar-refractivity contribution in [3.8, 4) is 22.6 Å². The molecule has 5 aromatic rings. The minimum atomic E-state index is 0.856. The van der Waals surface area contributed by atoms with Gasteiger partial charge in [-0.25, -0.2) is 9.97 Å². The van der Waals surface area contributed by atoms with Crippen molar-refractivity contribution in [1.29, 1.82) is 0 Å². The van der Waals surface area contributed by atoms with E-state index in [-0.39, 0.29) is 0 Å². The maximum Gasteiger partial charge on any atom is 0.151 e. The SMILES string of the molecule is c1ccc2c(c1)Oc1ccccc1N2c1ccc(-c2ccc3cncnc3c2)cc1. The van der Waals surface area contributed by atoms with Gasteiger partial charge in [0.1, 0.15) is 6.33 Å². The average Bonchev–Trinajstić information content (AvgIpc) is 2.82. The van der Waals surface area contributed by atoms with Gasteiger partial charge in [-0.2, -0.15) is 0 Å². The van der Waals surface area contributed by atoms with E-state index in [2.05, 4.69) is 69.5 Å². The lowest BCUT2D eigenvalue weighted by atomic mass is 10.0. The lowest BCUT2D eigenvalue weighted by molar-refractivity contribution is 0.477. The van der Waals surface area contributed by atoms with E-state index < -0.39 is 0 Å². The first-order valence-corrected chi connectivity index (χ1v) is 9.83. The van der Waals surface area contributed by atoms with Crippen LogP contribution in [0, 0.1) is 0 Å². The third kappa shape index (κ3) is 2.70. The van der Waals surface area contributed by atoms with Crippen LogP contribution >= 0.6 is 0 Å². The van der Waals surface area contributed by atoms with Crippen LogP contribution in [0.4, 0.5) is 17.1 Å². The van der Waals surface area contributed by atoms with Gasteiger partial charge in [0.15, 0.2) is 11.5 Å². The molecular formula is C26H17N3O. The Hall–Kier alpha value is -4.18. The Morgan fingerprint density at radius 1 is 0.667 bits per heavy atom. The zero-order chi connectivity index (χ0) is 19.9. The smallest absolute Gasteiger partial charge is 0.151 e. The summed E-state index contributed by atoms with van der Waals surface area (Å²) < 4.78 is 6.11. The van der Waals surface area contributed by atoms with E-state index in [1.165, 1.54) is 0 Å². The van der Waals surface area contributed by atoms with Crippen molar-refractivity contribution in [3.05, 3.63) is 104 Å². The fourth-order valence-electron chi connectivity index (χ4n) is 3.94. The molecule has 4 heteroatoms. The summed E-state index contributed by atoms with van der Waals surface area (Å²) in [5.41, 5.74) is 6.38. The number of benzene rings is 4. The van der Waals surface area contributed by atoms with E-state index in [1.807, 2.05) is 42.6 Å². The van der Waals surface area contributed by atoms with Crippen LogP contribution in [-0.4, -0.2) is 9.97 Å². The standard InChI is InChI=1S/C26H17N3O/c1-3-7-25-23(5-1)29(24-6-2-4-8-26(24)30-25)21-13-11-18(12-14-21)19-9-10-20-16-27-17-28-22(20)15-19/h1-17H. The highest BCUT2D eigenvalue weighted by Crippen LogP contribution is 2.50. The number of fused-ring (bicyclic) bond motifs is 3. The third-order valence-corrected chi connectivity index (χ3v) is 5.40. The van der Waals surface area contributed by atoms with E-state index in [0.717, 1.165) is 50.6 Å². The highest BCUT2D eigenvalue weighted by atomic mass is 16.5. The number of rotatable bonds is 2. The molecule has 0 atom stereocenters. The number of nitrogens with zero attached hydrogens (tertiary/aromatic N) is 3. The van der Waals surface area contributed by atoms with Crippen LogP contribution in [0.5, 0.6) is 11.5 Å². The summed E-state index contributed by atoms with van der Waals surface area (Å²) in [7, 11) is 0. The lowest BCUT2D eigenvalue weighted by Crippen LogP contribution is -2.15. The van der Waals surface area contributed by atoms with Crippen LogP contribution in [0.25, 0.3) is 22.0 Å². The number of para-hydroxylation sites is 4. The van der Waals surface area contributed by atoms with Gasteiger partial charge in [-0.3, -0.25) is 0 Å². The number of hydrogen-bond acceptors (Lipinski definition) is 4. The van der Waals surface area contributed by atoms with Crippen LogP contribution in [-0.2, 0) is 0 Å². The molecule has 0 fully saturated rings. The molecule has 0 amide bonds. The molecule has 4 nitrogen and oxygen atoms in total. The van der Waals surface area contributed by atoms with Crippen molar-refractivity contribution >= 4 is 28.0 Å². The largest absolute Gasteiger partial charge is 0.453 e.